The fourth-order valence-corrected chi connectivity index (χ4v) is 3.55. The number of nitrogens with one attached hydrogen (secondary N) is 1. The molecule has 0 radical (unpaired) electrons. The standard InChI is InChI=1S/C20H19ClN2O3S/c1-13-18(10-11-19(24)25)27-20(22-13)23-16-6-8-17(9-7-16)26-12-14-2-4-15(21)5-3-14/h2-9H,10-12H2,1H3,(H,22,23)(H,24,25). The number of aromatic nitrogens is 1. The van der Waals surface area contributed by atoms with E-state index in [1.807, 2.05) is 55.5 Å². The van der Waals surface area contributed by atoms with E-state index in [1.165, 1.54) is 11.3 Å². The lowest BCUT2D eigenvalue weighted by Crippen LogP contribution is -1.96. The van der Waals surface area contributed by atoms with Crippen molar-refractivity contribution < 1.29 is 14.6 Å². The van der Waals surface area contributed by atoms with E-state index in [0.717, 1.165) is 32.7 Å². The maximum absolute atomic E-state index is 10.7. The lowest BCUT2D eigenvalue weighted by Gasteiger charge is -2.08. The number of carboxylic acid groups (broad SMARTS) is 1. The zero-order valence-corrected chi connectivity index (χ0v) is 16.3. The Kier molecular flexibility index (Phi) is 6.32. The highest BCUT2D eigenvalue weighted by molar-refractivity contribution is 7.15. The summed E-state index contributed by atoms with van der Waals surface area (Å²) >= 11 is 7.36. The van der Waals surface area contributed by atoms with E-state index in [4.69, 9.17) is 21.4 Å². The summed E-state index contributed by atoms with van der Waals surface area (Å²) in [7, 11) is 0. The molecule has 140 valence electrons. The van der Waals surface area contributed by atoms with Gasteiger partial charge in [-0.15, -0.1) is 11.3 Å². The Morgan fingerprint density at radius 2 is 1.89 bits per heavy atom. The van der Waals surface area contributed by atoms with Crippen molar-refractivity contribution in [2.45, 2.75) is 26.4 Å². The first-order chi connectivity index (χ1) is 13.0. The zero-order valence-electron chi connectivity index (χ0n) is 14.7. The number of carbonyl (C=O) groups is 1. The van der Waals surface area contributed by atoms with Crippen molar-refractivity contribution in [3.63, 3.8) is 0 Å². The number of carboxylic acids is 1. The molecule has 0 bridgehead atoms. The summed E-state index contributed by atoms with van der Waals surface area (Å²) in [5, 5.41) is 13.5. The van der Waals surface area contributed by atoms with Crippen molar-refractivity contribution in [3.8, 4) is 5.75 Å². The van der Waals surface area contributed by atoms with Crippen LogP contribution in [0.1, 0.15) is 22.6 Å². The van der Waals surface area contributed by atoms with Gasteiger partial charge in [0.1, 0.15) is 12.4 Å². The van der Waals surface area contributed by atoms with Crippen molar-refractivity contribution >= 4 is 39.7 Å². The van der Waals surface area contributed by atoms with Crippen LogP contribution >= 0.6 is 22.9 Å². The minimum Gasteiger partial charge on any atom is -0.489 e. The molecule has 1 heterocycles. The lowest BCUT2D eigenvalue weighted by molar-refractivity contribution is -0.136. The van der Waals surface area contributed by atoms with Crippen LogP contribution in [-0.2, 0) is 17.8 Å². The van der Waals surface area contributed by atoms with E-state index >= 15 is 0 Å². The quantitative estimate of drug-likeness (QED) is 0.524. The van der Waals surface area contributed by atoms with Crippen LogP contribution in [0.3, 0.4) is 0 Å². The van der Waals surface area contributed by atoms with Crippen LogP contribution < -0.4 is 10.1 Å². The number of anilines is 2. The minimum absolute atomic E-state index is 0.113. The predicted molar refractivity (Wildman–Crippen MR) is 108 cm³/mol. The van der Waals surface area contributed by atoms with Crippen molar-refractivity contribution in [2.24, 2.45) is 0 Å². The van der Waals surface area contributed by atoms with Gasteiger partial charge < -0.3 is 15.2 Å². The number of rotatable bonds is 8. The maximum Gasteiger partial charge on any atom is 0.303 e. The number of aliphatic carboxylic acids is 1. The Morgan fingerprint density at radius 3 is 2.56 bits per heavy atom. The molecule has 0 saturated carbocycles. The molecular weight excluding hydrogens is 384 g/mol. The highest BCUT2D eigenvalue weighted by Crippen LogP contribution is 2.27. The first-order valence-electron chi connectivity index (χ1n) is 8.42. The molecule has 5 nitrogen and oxygen atoms in total. The van der Waals surface area contributed by atoms with E-state index < -0.39 is 5.97 Å². The van der Waals surface area contributed by atoms with Crippen LogP contribution in [0.25, 0.3) is 0 Å². The summed E-state index contributed by atoms with van der Waals surface area (Å²) in [5.41, 5.74) is 2.81. The number of benzene rings is 2. The van der Waals surface area contributed by atoms with Gasteiger partial charge in [0.2, 0.25) is 0 Å². The maximum atomic E-state index is 10.7. The van der Waals surface area contributed by atoms with E-state index in [9.17, 15) is 4.79 Å². The van der Waals surface area contributed by atoms with E-state index in [1.54, 1.807) is 0 Å². The van der Waals surface area contributed by atoms with Gasteiger partial charge in [-0.3, -0.25) is 4.79 Å². The van der Waals surface area contributed by atoms with E-state index in [2.05, 4.69) is 10.3 Å². The van der Waals surface area contributed by atoms with E-state index in [0.29, 0.717) is 18.1 Å². The van der Waals surface area contributed by atoms with Gasteiger partial charge in [0.05, 0.1) is 12.1 Å². The van der Waals surface area contributed by atoms with Gasteiger partial charge in [0.15, 0.2) is 5.13 Å². The molecular formula is C20H19ClN2O3S. The van der Waals surface area contributed by atoms with Gasteiger partial charge in [-0.2, -0.15) is 0 Å². The number of thiazole rings is 1. The normalized spacial score (nSPS) is 10.6. The molecule has 0 aliphatic rings. The monoisotopic (exact) mass is 402 g/mol. The fraction of sp³-hybridized carbons (Fsp3) is 0.200. The summed E-state index contributed by atoms with van der Waals surface area (Å²) in [5.74, 6) is -0.0283. The Balaban J connectivity index is 1.56. The molecule has 0 amide bonds. The average molecular weight is 403 g/mol. The Morgan fingerprint density at radius 1 is 1.19 bits per heavy atom. The van der Waals surface area contributed by atoms with Crippen molar-refractivity contribution in [2.75, 3.05) is 5.32 Å². The first-order valence-corrected chi connectivity index (χ1v) is 9.61. The molecule has 7 heteroatoms. The number of hydrogen-bond acceptors (Lipinski definition) is 5. The topological polar surface area (TPSA) is 71.5 Å². The number of aryl methyl sites for hydroxylation is 2. The second kappa shape index (κ2) is 8.88. The third kappa shape index (κ3) is 5.70. The molecule has 2 aromatic carbocycles. The molecule has 0 spiro atoms. The van der Waals surface area contributed by atoms with Gasteiger partial charge in [-0.1, -0.05) is 23.7 Å². The molecule has 1 aromatic heterocycles. The van der Waals surface area contributed by atoms with Crippen molar-refractivity contribution in [1.82, 2.24) is 4.98 Å². The first kappa shape index (κ1) is 19.2. The molecule has 0 aliphatic heterocycles. The molecule has 3 rings (SSSR count). The van der Waals surface area contributed by atoms with Crippen LogP contribution in [0.15, 0.2) is 48.5 Å². The Labute approximate surface area is 166 Å². The van der Waals surface area contributed by atoms with Gasteiger partial charge in [0.25, 0.3) is 0 Å². The number of ether oxygens (including phenoxy) is 1. The van der Waals surface area contributed by atoms with Crippen LogP contribution in [-0.4, -0.2) is 16.1 Å². The van der Waals surface area contributed by atoms with Gasteiger partial charge in [-0.25, -0.2) is 4.98 Å². The third-order valence-electron chi connectivity index (χ3n) is 3.88. The van der Waals surface area contributed by atoms with E-state index in [-0.39, 0.29) is 6.42 Å². The van der Waals surface area contributed by atoms with Gasteiger partial charge in [0, 0.05) is 15.6 Å². The second-order valence-electron chi connectivity index (χ2n) is 5.99. The average Bonchev–Trinajstić information content (AvgIpc) is 3.00. The summed E-state index contributed by atoms with van der Waals surface area (Å²) in [6, 6.07) is 15.2. The summed E-state index contributed by atoms with van der Waals surface area (Å²) in [6.45, 7) is 2.37. The number of nitrogens with zero attached hydrogens (tertiary/aromatic N) is 1. The zero-order chi connectivity index (χ0) is 19.2. The molecule has 3 aromatic rings. The molecule has 0 atom stereocenters. The van der Waals surface area contributed by atoms with Crippen molar-refractivity contribution in [3.05, 3.63) is 69.7 Å². The van der Waals surface area contributed by atoms with Gasteiger partial charge in [-0.05, 0) is 55.3 Å². The Bertz CT molecular complexity index is 908. The molecule has 27 heavy (non-hydrogen) atoms. The highest BCUT2D eigenvalue weighted by Gasteiger charge is 2.09. The fourth-order valence-electron chi connectivity index (χ4n) is 2.44. The molecule has 2 N–H and O–H groups in total. The molecule has 0 unspecified atom stereocenters. The lowest BCUT2D eigenvalue weighted by atomic mass is 10.2. The smallest absolute Gasteiger partial charge is 0.303 e. The highest BCUT2D eigenvalue weighted by atomic mass is 35.5. The number of halogens is 1. The van der Waals surface area contributed by atoms with Crippen LogP contribution in [0.5, 0.6) is 5.75 Å². The summed E-state index contributed by atoms with van der Waals surface area (Å²) in [6.07, 6.45) is 0.611. The number of hydrogen-bond donors (Lipinski definition) is 2. The third-order valence-corrected chi connectivity index (χ3v) is 5.27. The predicted octanol–water partition coefficient (Wildman–Crippen LogP) is 5.44. The van der Waals surface area contributed by atoms with Gasteiger partial charge >= 0.3 is 5.97 Å². The van der Waals surface area contributed by atoms with Crippen LogP contribution in [0.4, 0.5) is 10.8 Å². The SMILES string of the molecule is Cc1nc(Nc2ccc(OCc3ccc(Cl)cc3)cc2)sc1CCC(=O)O. The minimum atomic E-state index is -0.800. The summed E-state index contributed by atoms with van der Waals surface area (Å²) < 4.78 is 5.78. The van der Waals surface area contributed by atoms with Crippen LogP contribution in [0, 0.1) is 6.92 Å². The molecule has 0 fully saturated rings. The van der Waals surface area contributed by atoms with Crippen LogP contribution in [0.2, 0.25) is 5.02 Å². The molecule has 0 aliphatic carbocycles. The second-order valence-corrected chi connectivity index (χ2v) is 7.51. The van der Waals surface area contributed by atoms with Crippen molar-refractivity contribution in [1.29, 1.82) is 0 Å². The summed E-state index contributed by atoms with van der Waals surface area (Å²) in [4.78, 5) is 16.2. The molecule has 0 saturated heterocycles. The largest absolute Gasteiger partial charge is 0.489 e. The Hall–Kier alpha value is -2.57.